The van der Waals surface area contributed by atoms with Gasteiger partial charge in [0.25, 0.3) is 0 Å². The molecule has 15 heavy (non-hydrogen) atoms. The SMILES string of the molecule is CC(CC1CSc2ccccc21)C(=O)O. The summed E-state index contributed by atoms with van der Waals surface area (Å²) >= 11 is 1.84. The number of hydrogen-bond donors (Lipinski definition) is 1. The molecule has 1 aliphatic rings. The molecule has 0 saturated carbocycles. The number of benzene rings is 1. The molecule has 1 aromatic rings. The number of hydrogen-bond acceptors (Lipinski definition) is 2. The van der Waals surface area contributed by atoms with E-state index in [-0.39, 0.29) is 5.92 Å². The Morgan fingerprint density at radius 2 is 2.33 bits per heavy atom. The Morgan fingerprint density at radius 3 is 3.07 bits per heavy atom. The molecular weight excluding hydrogens is 208 g/mol. The van der Waals surface area contributed by atoms with E-state index in [4.69, 9.17) is 5.11 Å². The molecule has 1 heterocycles. The van der Waals surface area contributed by atoms with Gasteiger partial charge in [0, 0.05) is 10.6 Å². The van der Waals surface area contributed by atoms with Gasteiger partial charge in [0.1, 0.15) is 0 Å². The van der Waals surface area contributed by atoms with Crippen LogP contribution in [-0.4, -0.2) is 16.8 Å². The van der Waals surface area contributed by atoms with Gasteiger partial charge in [-0.25, -0.2) is 0 Å². The number of carboxylic acids is 1. The van der Waals surface area contributed by atoms with Crippen molar-refractivity contribution in [1.82, 2.24) is 0 Å². The average Bonchev–Trinajstić information content (AvgIpc) is 2.62. The van der Waals surface area contributed by atoms with Crippen LogP contribution < -0.4 is 0 Å². The fourth-order valence-electron chi connectivity index (χ4n) is 1.95. The molecule has 0 radical (unpaired) electrons. The van der Waals surface area contributed by atoms with Crippen LogP contribution in [0, 0.1) is 5.92 Å². The van der Waals surface area contributed by atoms with Crippen molar-refractivity contribution in [3.8, 4) is 0 Å². The predicted molar refractivity (Wildman–Crippen MR) is 61.3 cm³/mol. The lowest BCUT2D eigenvalue weighted by Gasteiger charge is -2.13. The highest BCUT2D eigenvalue weighted by Gasteiger charge is 2.26. The maximum absolute atomic E-state index is 10.8. The van der Waals surface area contributed by atoms with Gasteiger partial charge in [0.15, 0.2) is 0 Å². The molecule has 0 aliphatic carbocycles. The van der Waals surface area contributed by atoms with Crippen molar-refractivity contribution in [3.63, 3.8) is 0 Å². The van der Waals surface area contributed by atoms with Crippen molar-refractivity contribution in [2.75, 3.05) is 5.75 Å². The topological polar surface area (TPSA) is 37.3 Å². The summed E-state index contributed by atoms with van der Waals surface area (Å²) in [4.78, 5) is 12.1. The fraction of sp³-hybridized carbons (Fsp3) is 0.417. The Labute approximate surface area is 93.7 Å². The lowest BCUT2D eigenvalue weighted by molar-refractivity contribution is -0.141. The van der Waals surface area contributed by atoms with Gasteiger partial charge >= 0.3 is 5.97 Å². The Morgan fingerprint density at radius 1 is 1.60 bits per heavy atom. The third-order valence-corrected chi connectivity index (χ3v) is 4.11. The number of carbonyl (C=O) groups is 1. The third-order valence-electron chi connectivity index (χ3n) is 2.86. The summed E-state index contributed by atoms with van der Waals surface area (Å²) < 4.78 is 0. The van der Waals surface area contributed by atoms with Gasteiger partial charge in [0.2, 0.25) is 0 Å². The van der Waals surface area contributed by atoms with E-state index in [2.05, 4.69) is 12.1 Å². The molecule has 3 heteroatoms. The molecule has 0 saturated heterocycles. The van der Waals surface area contributed by atoms with Gasteiger partial charge in [-0.15, -0.1) is 11.8 Å². The first-order valence-corrected chi connectivity index (χ1v) is 6.11. The van der Waals surface area contributed by atoms with Crippen LogP contribution >= 0.6 is 11.8 Å². The first-order valence-electron chi connectivity index (χ1n) is 5.13. The Hall–Kier alpha value is -0.960. The maximum Gasteiger partial charge on any atom is 0.306 e. The lowest BCUT2D eigenvalue weighted by Crippen LogP contribution is -2.13. The summed E-state index contributed by atoms with van der Waals surface area (Å²) in [5, 5.41) is 8.88. The summed E-state index contributed by atoms with van der Waals surface area (Å²) in [6.45, 7) is 1.79. The number of aliphatic carboxylic acids is 1. The van der Waals surface area contributed by atoms with Gasteiger partial charge in [-0.2, -0.15) is 0 Å². The van der Waals surface area contributed by atoms with Crippen LogP contribution in [0.25, 0.3) is 0 Å². The van der Waals surface area contributed by atoms with Crippen molar-refractivity contribution in [3.05, 3.63) is 29.8 Å². The number of rotatable bonds is 3. The molecule has 0 aromatic heterocycles. The van der Waals surface area contributed by atoms with E-state index in [9.17, 15) is 4.79 Å². The van der Waals surface area contributed by atoms with Crippen LogP contribution in [0.5, 0.6) is 0 Å². The summed E-state index contributed by atoms with van der Waals surface area (Å²) in [7, 11) is 0. The second-order valence-corrected chi connectivity index (χ2v) is 5.08. The smallest absolute Gasteiger partial charge is 0.306 e. The second-order valence-electron chi connectivity index (χ2n) is 4.02. The molecule has 0 spiro atoms. The predicted octanol–water partition coefficient (Wildman–Crippen LogP) is 2.99. The van der Waals surface area contributed by atoms with Crippen molar-refractivity contribution < 1.29 is 9.90 Å². The molecular formula is C12H14O2S. The molecule has 80 valence electrons. The summed E-state index contributed by atoms with van der Waals surface area (Å²) in [5.74, 6) is 0.500. The van der Waals surface area contributed by atoms with Gasteiger partial charge in [-0.1, -0.05) is 25.1 Å². The van der Waals surface area contributed by atoms with Gasteiger partial charge in [0.05, 0.1) is 5.92 Å². The van der Waals surface area contributed by atoms with Crippen LogP contribution in [-0.2, 0) is 4.79 Å². The molecule has 1 aromatic carbocycles. The van der Waals surface area contributed by atoms with E-state index in [1.165, 1.54) is 10.5 Å². The summed E-state index contributed by atoms with van der Waals surface area (Å²) in [5.41, 5.74) is 1.33. The van der Waals surface area contributed by atoms with E-state index in [1.807, 2.05) is 23.9 Å². The number of carboxylic acid groups (broad SMARTS) is 1. The summed E-state index contributed by atoms with van der Waals surface area (Å²) in [6, 6.07) is 8.30. The van der Waals surface area contributed by atoms with Crippen molar-refractivity contribution in [1.29, 1.82) is 0 Å². The van der Waals surface area contributed by atoms with Crippen LogP contribution in [0.15, 0.2) is 29.2 Å². The zero-order chi connectivity index (χ0) is 10.8. The standard InChI is InChI=1S/C12H14O2S/c1-8(12(13)14)6-9-7-15-11-5-3-2-4-10(9)11/h2-5,8-9H,6-7H2,1H3,(H,13,14). The van der Waals surface area contributed by atoms with E-state index in [1.54, 1.807) is 6.92 Å². The lowest BCUT2D eigenvalue weighted by atomic mass is 9.91. The van der Waals surface area contributed by atoms with E-state index < -0.39 is 5.97 Å². The van der Waals surface area contributed by atoms with Gasteiger partial charge < -0.3 is 5.11 Å². The zero-order valence-corrected chi connectivity index (χ0v) is 9.46. The van der Waals surface area contributed by atoms with Gasteiger partial charge in [-0.05, 0) is 24.0 Å². The largest absolute Gasteiger partial charge is 0.481 e. The third kappa shape index (κ3) is 2.17. The van der Waals surface area contributed by atoms with E-state index in [0.29, 0.717) is 5.92 Å². The highest BCUT2D eigenvalue weighted by atomic mass is 32.2. The molecule has 2 rings (SSSR count). The average molecular weight is 222 g/mol. The van der Waals surface area contributed by atoms with Crippen LogP contribution in [0.3, 0.4) is 0 Å². The Balaban J connectivity index is 2.11. The van der Waals surface area contributed by atoms with Crippen molar-refractivity contribution in [2.45, 2.75) is 24.2 Å². The summed E-state index contributed by atoms with van der Waals surface area (Å²) in [6.07, 6.45) is 0.749. The van der Waals surface area contributed by atoms with Gasteiger partial charge in [-0.3, -0.25) is 4.79 Å². The van der Waals surface area contributed by atoms with Crippen LogP contribution in [0.2, 0.25) is 0 Å². The molecule has 1 aliphatic heterocycles. The second kappa shape index (κ2) is 4.27. The van der Waals surface area contributed by atoms with Crippen LogP contribution in [0.4, 0.5) is 0 Å². The fourth-order valence-corrected chi connectivity index (χ4v) is 3.22. The first kappa shape index (κ1) is 10.6. The van der Waals surface area contributed by atoms with Crippen molar-refractivity contribution in [2.24, 2.45) is 5.92 Å². The molecule has 2 nitrogen and oxygen atoms in total. The normalized spacial score (nSPS) is 21.0. The zero-order valence-electron chi connectivity index (χ0n) is 8.64. The first-order chi connectivity index (χ1) is 7.18. The monoisotopic (exact) mass is 222 g/mol. The quantitative estimate of drug-likeness (QED) is 0.854. The van der Waals surface area contributed by atoms with E-state index in [0.717, 1.165) is 12.2 Å². The number of thioether (sulfide) groups is 1. The minimum atomic E-state index is -0.690. The molecule has 1 N–H and O–H groups in total. The van der Waals surface area contributed by atoms with E-state index >= 15 is 0 Å². The van der Waals surface area contributed by atoms with Crippen LogP contribution in [0.1, 0.15) is 24.8 Å². The highest BCUT2D eigenvalue weighted by molar-refractivity contribution is 7.99. The maximum atomic E-state index is 10.8. The Kier molecular flexibility index (Phi) is 3.00. The Bertz CT molecular complexity index is 376. The molecule has 0 bridgehead atoms. The number of fused-ring (bicyclic) bond motifs is 1. The minimum Gasteiger partial charge on any atom is -0.481 e. The van der Waals surface area contributed by atoms with Crippen molar-refractivity contribution >= 4 is 17.7 Å². The molecule has 0 fully saturated rings. The molecule has 2 unspecified atom stereocenters. The highest BCUT2D eigenvalue weighted by Crippen LogP contribution is 2.42. The molecule has 2 atom stereocenters. The minimum absolute atomic E-state index is 0.248. The molecule has 0 amide bonds.